The van der Waals surface area contributed by atoms with E-state index >= 15 is 0 Å². The predicted molar refractivity (Wildman–Crippen MR) is 94.7 cm³/mol. The quantitative estimate of drug-likeness (QED) is 0.812. The van der Waals surface area contributed by atoms with Gasteiger partial charge in [-0.15, -0.1) is 0 Å². The monoisotopic (exact) mass is 364 g/mol. The molecule has 128 valence electrons. The number of benzene rings is 1. The van der Waals surface area contributed by atoms with Gasteiger partial charge in [0.2, 0.25) is 15.2 Å². The van der Waals surface area contributed by atoms with Crippen molar-refractivity contribution in [3.63, 3.8) is 0 Å². The lowest BCUT2D eigenvalue weighted by Gasteiger charge is -2.33. The van der Waals surface area contributed by atoms with E-state index in [-0.39, 0.29) is 5.75 Å². The summed E-state index contributed by atoms with van der Waals surface area (Å²) in [5, 5.41) is 0.928. The molecule has 0 unspecified atom stereocenters. The Labute approximate surface area is 146 Å². The molecule has 1 saturated heterocycles. The lowest BCUT2D eigenvalue weighted by molar-refractivity contribution is 0.384. The van der Waals surface area contributed by atoms with Gasteiger partial charge in [0.25, 0.3) is 0 Å². The van der Waals surface area contributed by atoms with Gasteiger partial charge in [-0.3, -0.25) is 0 Å². The van der Waals surface area contributed by atoms with E-state index in [1.54, 1.807) is 4.31 Å². The van der Waals surface area contributed by atoms with E-state index in [1.807, 2.05) is 30.3 Å². The first-order valence-corrected chi connectivity index (χ1v) is 10.6. The number of rotatable bonds is 5. The van der Waals surface area contributed by atoms with Crippen molar-refractivity contribution in [1.82, 2.24) is 13.7 Å². The average Bonchev–Trinajstić information content (AvgIpc) is 3.33. The average molecular weight is 364 g/mol. The summed E-state index contributed by atoms with van der Waals surface area (Å²) in [6, 6.07) is 9.35. The van der Waals surface area contributed by atoms with Crippen molar-refractivity contribution in [2.75, 3.05) is 31.1 Å². The molecule has 0 spiro atoms. The van der Waals surface area contributed by atoms with Crippen molar-refractivity contribution in [2.24, 2.45) is 0 Å². The largest absolute Gasteiger partial charge is 0.344 e. The van der Waals surface area contributed by atoms with Crippen LogP contribution in [0.4, 0.5) is 5.13 Å². The third-order valence-electron chi connectivity index (χ3n) is 4.47. The van der Waals surface area contributed by atoms with Gasteiger partial charge in [0, 0.05) is 43.6 Å². The van der Waals surface area contributed by atoms with Gasteiger partial charge in [0.1, 0.15) is 5.82 Å². The standard InChI is InChI=1S/C16H20N4O2S2/c21-24(22,12-13-4-2-1-3-5-13)20-10-8-19(9-11-20)16-17-15(18-23-16)14-6-7-14/h1-5,14H,6-12H2. The maximum atomic E-state index is 12.6. The molecule has 4 rings (SSSR count). The molecule has 6 nitrogen and oxygen atoms in total. The Morgan fingerprint density at radius 1 is 1.08 bits per heavy atom. The molecule has 1 aliphatic carbocycles. The van der Waals surface area contributed by atoms with Crippen LogP contribution >= 0.6 is 11.5 Å². The Morgan fingerprint density at radius 2 is 1.79 bits per heavy atom. The smallest absolute Gasteiger partial charge is 0.218 e. The van der Waals surface area contributed by atoms with Crippen molar-refractivity contribution in [3.05, 3.63) is 41.7 Å². The number of piperazine rings is 1. The number of sulfonamides is 1. The Kier molecular flexibility index (Phi) is 4.28. The summed E-state index contributed by atoms with van der Waals surface area (Å²) in [6.07, 6.45) is 2.39. The van der Waals surface area contributed by atoms with E-state index < -0.39 is 10.0 Å². The molecular weight excluding hydrogens is 344 g/mol. The fraction of sp³-hybridized carbons (Fsp3) is 0.500. The van der Waals surface area contributed by atoms with Crippen LogP contribution in [-0.2, 0) is 15.8 Å². The van der Waals surface area contributed by atoms with Crippen molar-refractivity contribution in [1.29, 1.82) is 0 Å². The molecule has 1 aromatic heterocycles. The highest BCUT2D eigenvalue weighted by atomic mass is 32.2. The zero-order valence-corrected chi connectivity index (χ0v) is 15.0. The second-order valence-corrected chi connectivity index (χ2v) is 9.04. The van der Waals surface area contributed by atoms with Crippen LogP contribution in [0.5, 0.6) is 0 Å². The van der Waals surface area contributed by atoms with Crippen LogP contribution in [0.2, 0.25) is 0 Å². The highest BCUT2D eigenvalue weighted by Gasteiger charge is 2.31. The number of anilines is 1. The molecule has 1 saturated carbocycles. The Bertz CT molecular complexity index is 794. The third-order valence-corrected chi connectivity index (χ3v) is 7.11. The van der Waals surface area contributed by atoms with E-state index in [2.05, 4.69) is 14.3 Å². The second kappa shape index (κ2) is 6.42. The highest BCUT2D eigenvalue weighted by molar-refractivity contribution is 7.88. The Morgan fingerprint density at radius 3 is 2.46 bits per heavy atom. The van der Waals surface area contributed by atoms with Crippen LogP contribution in [0.1, 0.15) is 30.1 Å². The summed E-state index contributed by atoms with van der Waals surface area (Å²) in [6.45, 7) is 2.36. The van der Waals surface area contributed by atoms with Crippen LogP contribution in [0.3, 0.4) is 0 Å². The number of nitrogens with zero attached hydrogens (tertiary/aromatic N) is 4. The Balaban J connectivity index is 1.38. The van der Waals surface area contributed by atoms with Crippen LogP contribution in [0.25, 0.3) is 0 Å². The Hall–Kier alpha value is -1.51. The summed E-state index contributed by atoms with van der Waals surface area (Å²) in [7, 11) is -3.27. The fourth-order valence-corrected chi connectivity index (χ4v) is 5.21. The molecule has 1 aromatic carbocycles. The minimum atomic E-state index is -3.27. The predicted octanol–water partition coefficient (Wildman–Crippen LogP) is 2.07. The topological polar surface area (TPSA) is 66.4 Å². The van der Waals surface area contributed by atoms with E-state index in [9.17, 15) is 8.42 Å². The van der Waals surface area contributed by atoms with Crippen LogP contribution < -0.4 is 4.90 Å². The number of hydrogen-bond donors (Lipinski definition) is 0. The van der Waals surface area contributed by atoms with Crippen LogP contribution in [0, 0.1) is 0 Å². The van der Waals surface area contributed by atoms with E-state index in [0.29, 0.717) is 32.1 Å². The van der Waals surface area contributed by atoms with Gasteiger partial charge in [-0.2, -0.15) is 8.68 Å². The molecule has 1 aliphatic heterocycles. The summed E-state index contributed by atoms with van der Waals surface area (Å²) in [5.74, 6) is 1.59. The van der Waals surface area contributed by atoms with Gasteiger partial charge in [0.15, 0.2) is 0 Å². The third kappa shape index (κ3) is 3.45. The molecule has 0 atom stereocenters. The number of hydrogen-bond acceptors (Lipinski definition) is 6. The van der Waals surface area contributed by atoms with Crippen molar-refractivity contribution in [3.8, 4) is 0 Å². The molecule has 2 aromatic rings. The molecule has 2 aliphatic rings. The molecule has 8 heteroatoms. The highest BCUT2D eigenvalue weighted by Crippen LogP contribution is 2.39. The lowest BCUT2D eigenvalue weighted by Crippen LogP contribution is -2.49. The lowest BCUT2D eigenvalue weighted by atomic mass is 10.2. The second-order valence-electron chi connectivity index (χ2n) is 6.34. The van der Waals surface area contributed by atoms with Gasteiger partial charge < -0.3 is 4.90 Å². The van der Waals surface area contributed by atoms with E-state index in [4.69, 9.17) is 0 Å². The normalized spacial score (nSPS) is 19.6. The first-order chi connectivity index (χ1) is 11.6. The summed E-state index contributed by atoms with van der Waals surface area (Å²) in [4.78, 5) is 6.77. The first kappa shape index (κ1) is 16.0. The fourth-order valence-electron chi connectivity index (χ4n) is 2.90. The summed E-state index contributed by atoms with van der Waals surface area (Å²) in [5.41, 5.74) is 0.832. The van der Waals surface area contributed by atoms with Gasteiger partial charge in [0.05, 0.1) is 5.75 Å². The summed E-state index contributed by atoms with van der Waals surface area (Å²) >= 11 is 1.43. The van der Waals surface area contributed by atoms with Crippen LogP contribution in [0.15, 0.2) is 30.3 Å². The minimum absolute atomic E-state index is 0.0679. The first-order valence-electron chi connectivity index (χ1n) is 8.22. The van der Waals surface area contributed by atoms with Gasteiger partial charge in [-0.1, -0.05) is 30.3 Å². The van der Waals surface area contributed by atoms with Gasteiger partial charge >= 0.3 is 0 Å². The zero-order valence-electron chi connectivity index (χ0n) is 13.3. The molecule has 0 radical (unpaired) electrons. The molecule has 2 heterocycles. The maximum absolute atomic E-state index is 12.6. The molecule has 2 fully saturated rings. The molecule has 0 bridgehead atoms. The molecule has 0 amide bonds. The van der Waals surface area contributed by atoms with E-state index in [1.165, 1.54) is 24.4 Å². The van der Waals surface area contributed by atoms with Crippen molar-refractivity contribution < 1.29 is 8.42 Å². The SMILES string of the molecule is O=S(=O)(Cc1ccccc1)N1CCN(c2nc(C3CC3)ns2)CC1. The molecule has 0 N–H and O–H groups in total. The van der Waals surface area contributed by atoms with Gasteiger partial charge in [-0.05, 0) is 18.4 Å². The molecular formula is C16H20N4O2S2. The van der Waals surface area contributed by atoms with Gasteiger partial charge in [-0.25, -0.2) is 13.4 Å². The summed E-state index contributed by atoms with van der Waals surface area (Å²) < 4.78 is 31.2. The minimum Gasteiger partial charge on any atom is -0.344 e. The number of aromatic nitrogens is 2. The van der Waals surface area contributed by atoms with Crippen LogP contribution in [-0.4, -0.2) is 48.3 Å². The van der Waals surface area contributed by atoms with Crippen molar-refractivity contribution in [2.45, 2.75) is 24.5 Å². The maximum Gasteiger partial charge on any atom is 0.218 e. The molecule has 24 heavy (non-hydrogen) atoms. The van der Waals surface area contributed by atoms with Crippen molar-refractivity contribution >= 4 is 26.7 Å². The zero-order chi connectivity index (χ0) is 16.6. The van der Waals surface area contributed by atoms with E-state index in [0.717, 1.165) is 16.5 Å².